The third-order valence-electron chi connectivity index (χ3n) is 5.70. The number of benzene rings is 4. The lowest BCUT2D eigenvalue weighted by molar-refractivity contribution is -0.187. The summed E-state index contributed by atoms with van der Waals surface area (Å²) in [6.07, 6.45) is -3.31. The smallest absolute Gasteiger partial charge is 0.426 e. The van der Waals surface area contributed by atoms with Gasteiger partial charge < -0.3 is 4.74 Å². The summed E-state index contributed by atoms with van der Waals surface area (Å²) in [6, 6.07) is 12.2. The molecule has 0 amide bonds. The SMILES string of the molecule is CCCc1ccc(-c2ccc(-c3ccc(OC(F)(F)c4cc(F)c(F)c(F)c4)c(F)c3)cc2)c(F)c1F. The van der Waals surface area contributed by atoms with Crippen LogP contribution in [0.5, 0.6) is 5.75 Å². The van der Waals surface area contributed by atoms with Crippen LogP contribution in [0.2, 0.25) is 0 Å². The number of hydrogen-bond donors (Lipinski definition) is 0. The maximum absolute atomic E-state index is 14.6. The van der Waals surface area contributed by atoms with Crippen LogP contribution < -0.4 is 4.74 Å². The van der Waals surface area contributed by atoms with E-state index in [1.807, 2.05) is 6.92 Å². The van der Waals surface area contributed by atoms with Crippen LogP contribution in [0.3, 0.4) is 0 Å². The van der Waals surface area contributed by atoms with Gasteiger partial charge in [0.05, 0.1) is 5.56 Å². The van der Waals surface area contributed by atoms with Crippen molar-refractivity contribution in [3.8, 4) is 28.0 Å². The first-order chi connectivity index (χ1) is 17.5. The summed E-state index contributed by atoms with van der Waals surface area (Å²) in [5.41, 5.74) is 0.0557. The van der Waals surface area contributed by atoms with Gasteiger partial charge in [-0.1, -0.05) is 55.8 Å². The van der Waals surface area contributed by atoms with E-state index in [2.05, 4.69) is 4.74 Å². The van der Waals surface area contributed by atoms with Gasteiger partial charge in [-0.05, 0) is 52.9 Å². The predicted octanol–water partition coefficient (Wildman–Crippen LogP) is 8.94. The van der Waals surface area contributed by atoms with Gasteiger partial charge in [0.25, 0.3) is 0 Å². The van der Waals surface area contributed by atoms with Crippen LogP contribution in [-0.2, 0) is 12.5 Å². The molecule has 9 heteroatoms. The van der Waals surface area contributed by atoms with Gasteiger partial charge in [-0.25, -0.2) is 26.3 Å². The maximum atomic E-state index is 14.6. The normalized spacial score (nSPS) is 11.6. The van der Waals surface area contributed by atoms with Crippen molar-refractivity contribution in [1.29, 1.82) is 0 Å². The molecule has 0 radical (unpaired) electrons. The van der Waals surface area contributed by atoms with Crippen LogP contribution in [0.15, 0.2) is 66.7 Å². The minimum Gasteiger partial charge on any atom is -0.426 e. The number of halogens is 8. The molecule has 4 aromatic carbocycles. The molecule has 0 heterocycles. The predicted molar refractivity (Wildman–Crippen MR) is 122 cm³/mol. The molecule has 0 saturated carbocycles. The summed E-state index contributed by atoms with van der Waals surface area (Å²) in [5.74, 6) is -9.64. The van der Waals surface area contributed by atoms with Gasteiger partial charge in [0.15, 0.2) is 40.7 Å². The number of alkyl halides is 2. The Labute approximate surface area is 207 Å². The van der Waals surface area contributed by atoms with Gasteiger partial charge >= 0.3 is 6.11 Å². The van der Waals surface area contributed by atoms with Crippen LogP contribution in [0.4, 0.5) is 35.1 Å². The Morgan fingerprint density at radius 1 is 0.622 bits per heavy atom. The fourth-order valence-electron chi connectivity index (χ4n) is 3.80. The first-order valence-electron chi connectivity index (χ1n) is 11.1. The number of ether oxygens (including phenoxy) is 1. The van der Waals surface area contributed by atoms with Crippen molar-refractivity contribution in [3.63, 3.8) is 0 Å². The van der Waals surface area contributed by atoms with E-state index < -0.39 is 52.3 Å². The Hall–Kier alpha value is -3.88. The van der Waals surface area contributed by atoms with E-state index in [0.29, 0.717) is 24.0 Å². The van der Waals surface area contributed by atoms with Gasteiger partial charge in [-0.15, -0.1) is 0 Å². The summed E-state index contributed by atoms with van der Waals surface area (Å²) in [7, 11) is 0. The number of rotatable bonds is 7. The van der Waals surface area contributed by atoms with Crippen molar-refractivity contribution >= 4 is 0 Å². The zero-order valence-corrected chi connectivity index (χ0v) is 19.2. The van der Waals surface area contributed by atoms with Crippen LogP contribution in [0.1, 0.15) is 24.5 Å². The Morgan fingerprint density at radius 3 is 1.81 bits per heavy atom. The summed E-state index contributed by atoms with van der Waals surface area (Å²) in [6.45, 7) is 1.85. The van der Waals surface area contributed by atoms with Gasteiger partial charge in [0, 0.05) is 5.56 Å². The monoisotopic (exact) mass is 522 g/mol. The van der Waals surface area contributed by atoms with E-state index in [0.717, 1.165) is 12.1 Å². The Balaban J connectivity index is 1.56. The average Bonchev–Trinajstić information content (AvgIpc) is 2.86. The molecule has 37 heavy (non-hydrogen) atoms. The van der Waals surface area contributed by atoms with Crippen LogP contribution in [0, 0.1) is 34.9 Å². The topological polar surface area (TPSA) is 9.23 Å². The zero-order chi connectivity index (χ0) is 26.9. The minimum absolute atomic E-state index is 0.0507. The van der Waals surface area contributed by atoms with Gasteiger partial charge in [-0.3, -0.25) is 0 Å². The van der Waals surface area contributed by atoms with E-state index >= 15 is 0 Å². The highest BCUT2D eigenvalue weighted by Gasteiger charge is 2.37. The first-order valence-corrected chi connectivity index (χ1v) is 11.1. The molecule has 0 bridgehead atoms. The van der Waals surface area contributed by atoms with Crippen molar-refractivity contribution in [2.24, 2.45) is 0 Å². The lowest BCUT2D eigenvalue weighted by Crippen LogP contribution is -2.23. The van der Waals surface area contributed by atoms with Crippen molar-refractivity contribution in [1.82, 2.24) is 0 Å². The zero-order valence-electron chi connectivity index (χ0n) is 19.2. The summed E-state index contributed by atoms with van der Waals surface area (Å²) < 4.78 is 116. The highest BCUT2D eigenvalue weighted by Crippen LogP contribution is 2.36. The molecule has 0 saturated heterocycles. The molecular formula is C28H18F8O. The van der Waals surface area contributed by atoms with Crippen molar-refractivity contribution in [2.75, 3.05) is 0 Å². The number of aryl methyl sites for hydroxylation is 1. The second-order valence-corrected chi connectivity index (χ2v) is 8.25. The molecule has 0 spiro atoms. The second kappa shape index (κ2) is 10.2. The fourth-order valence-corrected chi connectivity index (χ4v) is 3.80. The molecule has 0 aliphatic rings. The molecule has 4 aromatic rings. The molecule has 1 nitrogen and oxygen atoms in total. The van der Waals surface area contributed by atoms with Crippen molar-refractivity contribution in [2.45, 2.75) is 25.9 Å². The largest absolute Gasteiger partial charge is 0.427 e. The molecule has 0 unspecified atom stereocenters. The Bertz CT molecular complexity index is 1420. The Morgan fingerprint density at radius 2 is 1.22 bits per heavy atom. The third kappa shape index (κ3) is 5.30. The van der Waals surface area contributed by atoms with Crippen molar-refractivity contribution < 1.29 is 39.9 Å². The summed E-state index contributed by atoms with van der Waals surface area (Å²) in [4.78, 5) is 0. The van der Waals surface area contributed by atoms with Gasteiger partial charge in [0.1, 0.15) is 0 Å². The number of hydrogen-bond acceptors (Lipinski definition) is 1. The van der Waals surface area contributed by atoms with Crippen LogP contribution >= 0.6 is 0 Å². The van der Waals surface area contributed by atoms with E-state index in [4.69, 9.17) is 0 Å². The van der Waals surface area contributed by atoms with E-state index in [1.165, 1.54) is 42.5 Å². The second-order valence-electron chi connectivity index (χ2n) is 8.25. The standard InChI is InChI=1S/C28H18F8O/c1-2-3-17-8-10-20(26(33)25(17)32)16-6-4-15(5-7-16)18-9-11-24(21(29)12-18)37-28(35,36)19-13-22(30)27(34)23(31)14-19/h4-14H,2-3H2,1H3. The average molecular weight is 522 g/mol. The molecule has 0 fully saturated rings. The molecule has 0 atom stereocenters. The molecule has 4 rings (SSSR count). The quantitative estimate of drug-likeness (QED) is 0.174. The van der Waals surface area contributed by atoms with Crippen molar-refractivity contribution in [3.05, 3.63) is 113 Å². The van der Waals surface area contributed by atoms with E-state index in [9.17, 15) is 35.1 Å². The molecule has 0 aliphatic carbocycles. The highest BCUT2D eigenvalue weighted by molar-refractivity contribution is 5.71. The summed E-state index contributed by atoms with van der Waals surface area (Å²) >= 11 is 0. The van der Waals surface area contributed by atoms with Gasteiger partial charge in [-0.2, -0.15) is 8.78 Å². The van der Waals surface area contributed by atoms with Gasteiger partial charge in [0.2, 0.25) is 0 Å². The third-order valence-corrected chi connectivity index (χ3v) is 5.70. The van der Waals surface area contributed by atoms with Crippen LogP contribution in [-0.4, -0.2) is 0 Å². The maximum Gasteiger partial charge on any atom is 0.427 e. The molecule has 192 valence electrons. The first kappa shape index (κ1) is 26.2. The lowest BCUT2D eigenvalue weighted by atomic mass is 9.98. The molecule has 0 N–H and O–H groups in total. The lowest BCUT2D eigenvalue weighted by Gasteiger charge is -2.19. The summed E-state index contributed by atoms with van der Waals surface area (Å²) in [5, 5.41) is 0. The molecule has 0 aromatic heterocycles. The highest BCUT2D eigenvalue weighted by atomic mass is 19.3. The molecular weight excluding hydrogens is 504 g/mol. The fraction of sp³-hybridized carbons (Fsp3) is 0.143. The van der Waals surface area contributed by atoms with Crippen LogP contribution in [0.25, 0.3) is 22.3 Å². The van der Waals surface area contributed by atoms with E-state index in [1.54, 1.807) is 0 Å². The Kier molecular flexibility index (Phi) is 7.25. The molecule has 0 aliphatic heterocycles. The van der Waals surface area contributed by atoms with E-state index in [-0.39, 0.29) is 28.8 Å². The minimum atomic E-state index is -4.37.